The first-order valence-corrected chi connectivity index (χ1v) is 7.59. The first kappa shape index (κ1) is 16.1. The number of aliphatic hydroxyl groups excluding tert-OH is 1. The minimum Gasteiger partial charge on any atom is -0.391 e. The lowest BCUT2D eigenvalue weighted by molar-refractivity contribution is 0.0603. The van der Waals surface area contributed by atoms with E-state index in [0.29, 0.717) is 12.0 Å². The monoisotopic (exact) mass is 287 g/mol. The first-order valence-electron chi connectivity index (χ1n) is 6.10. The number of ether oxygens (including phenoxy) is 1. The van der Waals surface area contributed by atoms with Crippen molar-refractivity contribution in [3.8, 4) is 0 Å². The van der Waals surface area contributed by atoms with Crippen LogP contribution in [-0.2, 0) is 14.8 Å². The van der Waals surface area contributed by atoms with Crippen molar-refractivity contribution in [2.24, 2.45) is 0 Å². The third kappa shape index (κ3) is 4.91. The van der Waals surface area contributed by atoms with Crippen molar-refractivity contribution in [3.63, 3.8) is 0 Å². The van der Waals surface area contributed by atoms with E-state index >= 15 is 0 Å². The Bertz CT molecular complexity index is 513. The Balaban J connectivity index is 2.68. The zero-order valence-electron chi connectivity index (χ0n) is 11.5. The molecular formula is C13H21NO4S. The summed E-state index contributed by atoms with van der Waals surface area (Å²) in [5.41, 5.74) is 1.60. The quantitative estimate of drug-likeness (QED) is 0.784. The minimum atomic E-state index is -3.53. The molecule has 1 unspecified atom stereocenters. The summed E-state index contributed by atoms with van der Waals surface area (Å²) >= 11 is 0. The Morgan fingerprint density at radius 1 is 1.37 bits per heavy atom. The molecule has 1 aromatic carbocycles. The van der Waals surface area contributed by atoms with Gasteiger partial charge in [0, 0.05) is 13.7 Å². The van der Waals surface area contributed by atoms with Crippen molar-refractivity contribution in [3.05, 3.63) is 29.3 Å². The molecule has 1 aromatic rings. The Hall–Kier alpha value is -0.950. The lowest BCUT2D eigenvalue weighted by atomic mass is 10.2. The van der Waals surface area contributed by atoms with Gasteiger partial charge in [0.1, 0.15) is 0 Å². The lowest BCUT2D eigenvalue weighted by Crippen LogP contribution is -2.29. The second-order valence-electron chi connectivity index (χ2n) is 4.56. The molecule has 108 valence electrons. The number of rotatable bonds is 7. The lowest BCUT2D eigenvalue weighted by Gasteiger charge is -2.12. The van der Waals surface area contributed by atoms with Crippen LogP contribution in [0.1, 0.15) is 17.5 Å². The molecule has 0 saturated heterocycles. The number of benzene rings is 1. The Morgan fingerprint density at radius 3 is 2.68 bits per heavy atom. The number of nitrogens with one attached hydrogen (secondary N) is 1. The van der Waals surface area contributed by atoms with Gasteiger partial charge < -0.3 is 9.84 Å². The maximum atomic E-state index is 12.1. The molecule has 19 heavy (non-hydrogen) atoms. The highest BCUT2D eigenvalue weighted by molar-refractivity contribution is 7.89. The first-order chi connectivity index (χ1) is 8.86. The molecule has 0 amide bonds. The molecule has 0 heterocycles. The summed E-state index contributed by atoms with van der Waals surface area (Å²) in [7, 11) is -2.04. The highest BCUT2D eigenvalue weighted by Gasteiger charge is 2.16. The molecule has 0 aromatic heterocycles. The molecule has 5 nitrogen and oxygen atoms in total. The van der Waals surface area contributed by atoms with Crippen LogP contribution in [0.2, 0.25) is 0 Å². The number of methoxy groups -OCH3 is 1. The van der Waals surface area contributed by atoms with E-state index in [1.54, 1.807) is 19.1 Å². The van der Waals surface area contributed by atoms with Crippen LogP contribution in [0, 0.1) is 13.8 Å². The predicted molar refractivity (Wildman–Crippen MR) is 73.6 cm³/mol. The standard InChI is InChI=1S/C13H21NO4S/c1-10-4-5-11(2)13(8-10)19(16,17)14-7-6-12(15)9-18-3/h4-5,8,12,14-15H,6-7,9H2,1-3H3. The van der Waals surface area contributed by atoms with E-state index in [0.717, 1.165) is 5.56 Å². The van der Waals surface area contributed by atoms with Gasteiger partial charge in [-0.2, -0.15) is 0 Å². The highest BCUT2D eigenvalue weighted by Crippen LogP contribution is 2.16. The van der Waals surface area contributed by atoms with Crippen LogP contribution in [0.5, 0.6) is 0 Å². The van der Waals surface area contributed by atoms with Crippen molar-refractivity contribution >= 4 is 10.0 Å². The summed E-state index contributed by atoms with van der Waals surface area (Å²) in [6, 6.07) is 5.30. The van der Waals surface area contributed by atoms with Crippen LogP contribution in [0.25, 0.3) is 0 Å². The number of aryl methyl sites for hydroxylation is 2. The number of hydrogen-bond donors (Lipinski definition) is 2. The van der Waals surface area contributed by atoms with Crippen molar-refractivity contribution in [2.75, 3.05) is 20.3 Å². The molecule has 0 bridgehead atoms. The van der Waals surface area contributed by atoms with E-state index in [-0.39, 0.29) is 18.0 Å². The molecule has 1 atom stereocenters. The van der Waals surface area contributed by atoms with Crippen molar-refractivity contribution in [1.82, 2.24) is 4.72 Å². The summed E-state index contributed by atoms with van der Waals surface area (Å²) in [5.74, 6) is 0. The van der Waals surface area contributed by atoms with Gasteiger partial charge >= 0.3 is 0 Å². The Labute approximate surface area is 114 Å². The molecule has 0 saturated carbocycles. The number of hydrogen-bond acceptors (Lipinski definition) is 4. The number of aliphatic hydroxyl groups is 1. The predicted octanol–water partition coefficient (Wildman–Crippen LogP) is 0.979. The summed E-state index contributed by atoms with van der Waals surface area (Å²) in [6.07, 6.45) is -0.343. The maximum absolute atomic E-state index is 12.1. The fraction of sp³-hybridized carbons (Fsp3) is 0.538. The van der Waals surface area contributed by atoms with E-state index in [1.165, 1.54) is 7.11 Å². The maximum Gasteiger partial charge on any atom is 0.240 e. The van der Waals surface area contributed by atoms with E-state index in [2.05, 4.69) is 4.72 Å². The van der Waals surface area contributed by atoms with Crippen LogP contribution in [0.15, 0.2) is 23.1 Å². The Kier molecular flexibility index (Phi) is 5.93. The fourth-order valence-electron chi connectivity index (χ4n) is 1.71. The average Bonchev–Trinajstić information content (AvgIpc) is 2.32. The second kappa shape index (κ2) is 7.00. The van der Waals surface area contributed by atoms with Gasteiger partial charge in [-0.15, -0.1) is 0 Å². The third-order valence-electron chi connectivity index (χ3n) is 2.76. The molecule has 2 N–H and O–H groups in total. The molecular weight excluding hydrogens is 266 g/mol. The van der Waals surface area contributed by atoms with Gasteiger partial charge in [0.2, 0.25) is 10.0 Å². The van der Waals surface area contributed by atoms with Gasteiger partial charge in [0.05, 0.1) is 17.6 Å². The van der Waals surface area contributed by atoms with Gasteiger partial charge in [-0.1, -0.05) is 12.1 Å². The topological polar surface area (TPSA) is 75.6 Å². The van der Waals surface area contributed by atoms with Crippen LogP contribution in [0.4, 0.5) is 0 Å². The molecule has 1 rings (SSSR count). The SMILES string of the molecule is COCC(O)CCNS(=O)(=O)c1cc(C)ccc1C. The van der Waals surface area contributed by atoms with Gasteiger partial charge in [0.25, 0.3) is 0 Å². The van der Waals surface area contributed by atoms with Crippen LogP contribution < -0.4 is 4.72 Å². The Morgan fingerprint density at radius 2 is 2.05 bits per heavy atom. The number of sulfonamides is 1. The van der Waals surface area contributed by atoms with Crippen LogP contribution in [0.3, 0.4) is 0 Å². The smallest absolute Gasteiger partial charge is 0.240 e. The minimum absolute atomic E-state index is 0.181. The van der Waals surface area contributed by atoms with Gasteiger partial charge in [-0.05, 0) is 37.5 Å². The summed E-state index contributed by atoms with van der Waals surface area (Å²) in [5, 5.41) is 9.46. The molecule has 0 radical (unpaired) electrons. The highest BCUT2D eigenvalue weighted by atomic mass is 32.2. The van der Waals surface area contributed by atoms with Gasteiger partial charge in [-0.3, -0.25) is 0 Å². The van der Waals surface area contributed by atoms with Gasteiger partial charge in [-0.25, -0.2) is 13.1 Å². The average molecular weight is 287 g/mol. The zero-order valence-corrected chi connectivity index (χ0v) is 12.3. The molecule has 0 fully saturated rings. The summed E-state index contributed by atoms with van der Waals surface area (Å²) < 4.78 is 31.5. The molecule has 0 spiro atoms. The van der Waals surface area contributed by atoms with E-state index in [9.17, 15) is 13.5 Å². The summed E-state index contributed by atoms with van der Waals surface area (Å²) in [6.45, 7) is 3.99. The van der Waals surface area contributed by atoms with E-state index in [1.807, 2.05) is 13.0 Å². The largest absolute Gasteiger partial charge is 0.391 e. The van der Waals surface area contributed by atoms with Crippen molar-refractivity contribution in [1.29, 1.82) is 0 Å². The normalized spacial score (nSPS) is 13.5. The molecule has 0 aliphatic heterocycles. The van der Waals surface area contributed by atoms with E-state index in [4.69, 9.17) is 4.74 Å². The van der Waals surface area contributed by atoms with Gasteiger partial charge in [0.15, 0.2) is 0 Å². The van der Waals surface area contributed by atoms with Crippen LogP contribution in [-0.4, -0.2) is 39.9 Å². The van der Waals surface area contributed by atoms with Crippen molar-refractivity contribution < 1.29 is 18.3 Å². The fourth-order valence-corrected chi connectivity index (χ4v) is 3.09. The van der Waals surface area contributed by atoms with Crippen molar-refractivity contribution in [2.45, 2.75) is 31.3 Å². The van der Waals surface area contributed by atoms with E-state index < -0.39 is 16.1 Å². The third-order valence-corrected chi connectivity index (χ3v) is 4.36. The zero-order chi connectivity index (χ0) is 14.5. The molecule has 0 aliphatic carbocycles. The molecule has 6 heteroatoms. The second-order valence-corrected chi connectivity index (χ2v) is 6.30. The summed E-state index contributed by atoms with van der Waals surface area (Å²) in [4.78, 5) is 0.286. The van der Waals surface area contributed by atoms with Crippen LogP contribution >= 0.6 is 0 Å². The molecule has 0 aliphatic rings.